The minimum absolute atomic E-state index is 0.0872. The highest BCUT2D eigenvalue weighted by atomic mass is 32.1. The lowest BCUT2D eigenvalue weighted by Crippen LogP contribution is -2.60. The number of carbonyl (C=O) groups is 1. The first-order valence-electron chi connectivity index (χ1n) is 6.77. The van der Waals surface area contributed by atoms with Gasteiger partial charge in [0.15, 0.2) is 5.11 Å². The van der Waals surface area contributed by atoms with E-state index in [1.54, 1.807) is 11.1 Å². The summed E-state index contributed by atoms with van der Waals surface area (Å²) < 4.78 is 0. The Morgan fingerprint density at radius 3 is 3.00 bits per heavy atom. The molecule has 0 bridgehead atoms. The van der Waals surface area contributed by atoms with Gasteiger partial charge in [-0.25, -0.2) is 0 Å². The van der Waals surface area contributed by atoms with E-state index in [0.717, 1.165) is 25.0 Å². The number of nitrogens with one attached hydrogen (secondary N) is 1. The molecule has 2 aliphatic rings. The second-order valence-corrected chi connectivity index (χ2v) is 5.58. The Morgan fingerprint density at radius 1 is 1.37 bits per heavy atom. The number of carbonyl (C=O) groups excluding carboxylic acids is 1. The predicted molar refractivity (Wildman–Crippen MR) is 76.3 cm³/mol. The van der Waals surface area contributed by atoms with Crippen LogP contribution in [-0.4, -0.2) is 26.9 Å². The van der Waals surface area contributed by atoms with Crippen LogP contribution in [0.25, 0.3) is 0 Å². The summed E-state index contributed by atoms with van der Waals surface area (Å²) in [6, 6.07) is 5.96. The summed E-state index contributed by atoms with van der Waals surface area (Å²) in [6.45, 7) is 0.467. The molecule has 5 heteroatoms. The molecule has 2 heterocycles. The number of thiocarbonyl (C=S) groups is 1. The molecule has 1 aliphatic heterocycles. The van der Waals surface area contributed by atoms with Gasteiger partial charge in [-0.05, 0) is 37.2 Å². The topological polar surface area (TPSA) is 45.2 Å². The van der Waals surface area contributed by atoms with Gasteiger partial charge in [-0.15, -0.1) is 0 Å². The molecule has 1 amide bonds. The molecule has 0 aromatic carbocycles. The standard InChI is InChI=1S/C14H17N3OS/c18-13-11-6-1-2-7-12(11)16-14(19)17(13)9-10-5-3-4-8-15-10/h3-5,8,11-12H,1-2,6-7,9H2,(H,16,19). The molecule has 19 heavy (non-hydrogen) atoms. The maximum Gasteiger partial charge on any atom is 0.234 e. The van der Waals surface area contributed by atoms with Gasteiger partial charge in [0, 0.05) is 12.2 Å². The third-order valence-electron chi connectivity index (χ3n) is 3.95. The Labute approximate surface area is 118 Å². The van der Waals surface area contributed by atoms with Crippen LogP contribution in [-0.2, 0) is 11.3 Å². The summed E-state index contributed by atoms with van der Waals surface area (Å²) in [7, 11) is 0. The van der Waals surface area contributed by atoms with Crippen molar-refractivity contribution in [3.8, 4) is 0 Å². The minimum atomic E-state index is 0.0872. The van der Waals surface area contributed by atoms with Gasteiger partial charge in [0.25, 0.3) is 0 Å². The molecular weight excluding hydrogens is 258 g/mol. The van der Waals surface area contributed by atoms with Crippen LogP contribution >= 0.6 is 12.2 Å². The number of hydrogen-bond acceptors (Lipinski definition) is 3. The monoisotopic (exact) mass is 275 g/mol. The third-order valence-corrected chi connectivity index (χ3v) is 4.29. The molecule has 100 valence electrons. The van der Waals surface area contributed by atoms with Crippen molar-refractivity contribution in [2.24, 2.45) is 5.92 Å². The first-order chi connectivity index (χ1) is 9.25. The number of pyridine rings is 1. The van der Waals surface area contributed by atoms with Crippen molar-refractivity contribution in [1.29, 1.82) is 0 Å². The summed E-state index contributed by atoms with van der Waals surface area (Å²) in [6.07, 6.45) is 6.08. The smallest absolute Gasteiger partial charge is 0.234 e. The first-order valence-corrected chi connectivity index (χ1v) is 7.18. The number of fused-ring (bicyclic) bond motifs is 1. The van der Waals surface area contributed by atoms with Gasteiger partial charge < -0.3 is 5.32 Å². The van der Waals surface area contributed by atoms with Crippen LogP contribution in [0.4, 0.5) is 0 Å². The Bertz CT molecular complexity index is 491. The lowest BCUT2D eigenvalue weighted by molar-refractivity contribution is -0.135. The normalized spacial score (nSPS) is 26.8. The number of hydrogen-bond donors (Lipinski definition) is 1. The minimum Gasteiger partial charge on any atom is -0.359 e. The summed E-state index contributed by atoms with van der Waals surface area (Å²) in [4.78, 5) is 18.5. The first kappa shape index (κ1) is 12.5. The van der Waals surface area contributed by atoms with E-state index in [2.05, 4.69) is 10.3 Å². The molecule has 1 saturated heterocycles. The molecular formula is C14H17N3OS. The van der Waals surface area contributed by atoms with E-state index < -0.39 is 0 Å². The van der Waals surface area contributed by atoms with Crippen LogP contribution in [0.1, 0.15) is 31.4 Å². The van der Waals surface area contributed by atoms with Gasteiger partial charge in [-0.2, -0.15) is 0 Å². The van der Waals surface area contributed by atoms with E-state index >= 15 is 0 Å². The number of aromatic nitrogens is 1. The Morgan fingerprint density at radius 2 is 2.21 bits per heavy atom. The lowest BCUT2D eigenvalue weighted by Gasteiger charge is -2.41. The summed E-state index contributed by atoms with van der Waals surface area (Å²) in [5, 5.41) is 3.88. The van der Waals surface area contributed by atoms with Crippen LogP contribution in [0.2, 0.25) is 0 Å². The van der Waals surface area contributed by atoms with E-state index in [1.165, 1.54) is 6.42 Å². The summed E-state index contributed by atoms with van der Waals surface area (Å²) in [5.41, 5.74) is 0.870. The van der Waals surface area contributed by atoms with Crippen LogP contribution in [0.5, 0.6) is 0 Å². The van der Waals surface area contributed by atoms with Gasteiger partial charge in [0.2, 0.25) is 5.91 Å². The third kappa shape index (κ3) is 2.47. The largest absolute Gasteiger partial charge is 0.359 e. The number of amides is 1. The zero-order valence-electron chi connectivity index (χ0n) is 10.7. The molecule has 0 spiro atoms. The SMILES string of the molecule is O=C1C2CCCCC2NC(=S)N1Cc1ccccn1. The molecule has 2 unspecified atom stereocenters. The average molecular weight is 275 g/mol. The van der Waals surface area contributed by atoms with Gasteiger partial charge >= 0.3 is 0 Å². The molecule has 1 aromatic heterocycles. The Kier molecular flexibility index (Phi) is 3.46. The van der Waals surface area contributed by atoms with E-state index in [0.29, 0.717) is 11.7 Å². The predicted octanol–water partition coefficient (Wildman–Crippen LogP) is 1.86. The van der Waals surface area contributed by atoms with Crippen molar-refractivity contribution in [1.82, 2.24) is 15.2 Å². The van der Waals surface area contributed by atoms with E-state index in [1.807, 2.05) is 18.2 Å². The molecule has 3 rings (SSSR count). The highest BCUT2D eigenvalue weighted by Gasteiger charge is 2.40. The van der Waals surface area contributed by atoms with Crippen LogP contribution in [0.15, 0.2) is 24.4 Å². The number of nitrogens with zero attached hydrogens (tertiary/aromatic N) is 2. The van der Waals surface area contributed by atoms with Crippen LogP contribution < -0.4 is 5.32 Å². The van der Waals surface area contributed by atoms with Crippen molar-refractivity contribution >= 4 is 23.2 Å². The van der Waals surface area contributed by atoms with E-state index in [-0.39, 0.29) is 17.9 Å². The van der Waals surface area contributed by atoms with Crippen molar-refractivity contribution in [3.63, 3.8) is 0 Å². The van der Waals surface area contributed by atoms with Gasteiger partial charge in [0.1, 0.15) is 0 Å². The van der Waals surface area contributed by atoms with Crippen molar-refractivity contribution in [3.05, 3.63) is 30.1 Å². The molecule has 1 aliphatic carbocycles. The molecule has 4 nitrogen and oxygen atoms in total. The van der Waals surface area contributed by atoms with Crippen LogP contribution in [0, 0.1) is 5.92 Å². The number of rotatable bonds is 2. The fourth-order valence-electron chi connectivity index (χ4n) is 2.94. The van der Waals surface area contributed by atoms with Crippen molar-refractivity contribution in [2.75, 3.05) is 0 Å². The Balaban J connectivity index is 1.77. The zero-order chi connectivity index (χ0) is 13.2. The Hall–Kier alpha value is -1.49. The lowest BCUT2D eigenvalue weighted by atomic mass is 9.82. The van der Waals surface area contributed by atoms with Crippen molar-refractivity contribution in [2.45, 2.75) is 38.3 Å². The van der Waals surface area contributed by atoms with Gasteiger partial charge in [-0.3, -0.25) is 14.7 Å². The average Bonchev–Trinajstić information content (AvgIpc) is 2.45. The molecule has 0 radical (unpaired) electrons. The van der Waals surface area contributed by atoms with Gasteiger partial charge in [-0.1, -0.05) is 18.9 Å². The zero-order valence-corrected chi connectivity index (χ0v) is 11.5. The molecule has 2 fully saturated rings. The highest BCUT2D eigenvalue weighted by Crippen LogP contribution is 2.29. The summed E-state index contributed by atoms with van der Waals surface area (Å²) in [5.74, 6) is 0.253. The van der Waals surface area contributed by atoms with Gasteiger partial charge in [0.05, 0.1) is 18.2 Å². The fraction of sp³-hybridized carbons (Fsp3) is 0.500. The molecule has 1 saturated carbocycles. The maximum atomic E-state index is 12.5. The maximum absolute atomic E-state index is 12.5. The molecule has 2 atom stereocenters. The van der Waals surface area contributed by atoms with Crippen molar-refractivity contribution < 1.29 is 4.79 Å². The van der Waals surface area contributed by atoms with E-state index in [4.69, 9.17) is 12.2 Å². The highest BCUT2D eigenvalue weighted by molar-refractivity contribution is 7.80. The second-order valence-electron chi connectivity index (χ2n) is 5.19. The van der Waals surface area contributed by atoms with E-state index in [9.17, 15) is 4.79 Å². The summed E-state index contributed by atoms with van der Waals surface area (Å²) >= 11 is 5.34. The quantitative estimate of drug-likeness (QED) is 0.837. The fourth-order valence-corrected chi connectivity index (χ4v) is 3.25. The second kappa shape index (κ2) is 5.25. The van der Waals surface area contributed by atoms with Crippen LogP contribution in [0.3, 0.4) is 0 Å². The molecule has 1 N–H and O–H groups in total. The molecule has 1 aromatic rings.